The third kappa shape index (κ3) is 5.16. The van der Waals surface area contributed by atoms with E-state index in [9.17, 15) is 8.42 Å². The molecule has 2 unspecified atom stereocenters. The summed E-state index contributed by atoms with van der Waals surface area (Å²) in [5.74, 6) is 1.31. The summed E-state index contributed by atoms with van der Waals surface area (Å²) in [5, 5.41) is 7.07. The Hall–Kier alpha value is -0.170. The highest BCUT2D eigenvalue weighted by Gasteiger charge is 2.34. The van der Waals surface area contributed by atoms with Gasteiger partial charge < -0.3 is 10.1 Å². The molecule has 2 N–H and O–H groups in total. The summed E-state index contributed by atoms with van der Waals surface area (Å²) in [5.41, 5.74) is 0. The van der Waals surface area contributed by atoms with Crippen LogP contribution in [0.5, 0.6) is 0 Å². The van der Waals surface area contributed by atoms with Crippen LogP contribution < -0.4 is 10.6 Å². The Bertz CT molecular complexity index is 482. The highest BCUT2D eigenvalue weighted by atomic mass is 32.2. The molecule has 3 rings (SSSR count). The van der Waals surface area contributed by atoms with Gasteiger partial charge in [0.2, 0.25) is 0 Å². The molecule has 140 valence electrons. The van der Waals surface area contributed by atoms with Crippen LogP contribution in [0.1, 0.15) is 57.8 Å². The fraction of sp³-hybridized carbons (Fsp3) is 1.00. The van der Waals surface area contributed by atoms with Gasteiger partial charge in [0.15, 0.2) is 0 Å². The fourth-order valence-corrected chi connectivity index (χ4v) is 5.79. The topological polar surface area (TPSA) is 67.4 Å². The first-order chi connectivity index (χ1) is 11.5. The van der Waals surface area contributed by atoms with Gasteiger partial charge in [-0.25, -0.2) is 8.42 Å². The molecule has 6 heteroatoms. The maximum atomic E-state index is 11.7. The summed E-state index contributed by atoms with van der Waals surface area (Å²) >= 11 is 0. The lowest BCUT2D eigenvalue weighted by Crippen LogP contribution is -2.59. The predicted octanol–water partition coefficient (Wildman–Crippen LogP) is 2.07. The van der Waals surface area contributed by atoms with Crippen molar-refractivity contribution in [3.05, 3.63) is 0 Å². The second-order valence-corrected chi connectivity index (χ2v) is 10.4. The van der Waals surface area contributed by atoms with Crippen molar-refractivity contribution in [1.29, 1.82) is 0 Å². The summed E-state index contributed by atoms with van der Waals surface area (Å²) in [4.78, 5) is 0. The fourth-order valence-electron chi connectivity index (χ4n) is 4.66. The molecule has 0 spiro atoms. The van der Waals surface area contributed by atoms with Gasteiger partial charge >= 0.3 is 0 Å². The van der Waals surface area contributed by atoms with Crippen molar-refractivity contribution in [3.8, 4) is 0 Å². The van der Waals surface area contributed by atoms with Gasteiger partial charge in [0.25, 0.3) is 0 Å². The minimum atomic E-state index is -2.87. The summed E-state index contributed by atoms with van der Waals surface area (Å²) in [7, 11) is -2.87. The van der Waals surface area contributed by atoms with Crippen LogP contribution in [-0.2, 0) is 14.6 Å². The SMILES string of the molecule is CS(=O)(=O)C1CCC(C2CNCC(OCC3CCCCC3)N2)CC1. The maximum Gasteiger partial charge on any atom is 0.150 e. The maximum absolute atomic E-state index is 11.7. The van der Waals surface area contributed by atoms with Crippen LogP contribution in [0.3, 0.4) is 0 Å². The lowest BCUT2D eigenvalue weighted by Gasteiger charge is -2.39. The van der Waals surface area contributed by atoms with E-state index in [2.05, 4.69) is 10.6 Å². The molecule has 0 bridgehead atoms. The molecule has 2 atom stereocenters. The Kier molecular flexibility index (Phi) is 6.57. The van der Waals surface area contributed by atoms with Crippen molar-refractivity contribution in [2.24, 2.45) is 11.8 Å². The number of nitrogens with one attached hydrogen (secondary N) is 2. The lowest BCUT2D eigenvalue weighted by molar-refractivity contribution is -0.0223. The first kappa shape index (κ1) is 18.6. The van der Waals surface area contributed by atoms with Crippen molar-refractivity contribution in [1.82, 2.24) is 10.6 Å². The second-order valence-electron chi connectivity index (χ2n) is 8.12. The Morgan fingerprint density at radius 1 is 0.958 bits per heavy atom. The zero-order valence-electron chi connectivity index (χ0n) is 15.0. The van der Waals surface area contributed by atoms with Gasteiger partial charge in [-0.3, -0.25) is 5.32 Å². The molecule has 2 aliphatic carbocycles. The summed E-state index contributed by atoms with van der Waals surface area (Å²) < 4.78 is 29.6. The molecular weight excluding hydrogens is 324 g/mol. The van der Waals surface area contributed by atoms with E-state index in [1.807, 2.05) is 0 Å². The Morgan fingerprint density at radius 3 is 2.33 bits per heavy atom. The predicted molar refractivity (Wildman–Crippen MR) is 96.7 cm³/mol. The van der Waals surface area contributed by atoms with Crippen LogP contribution in [0.4, 0.5) is 0 Å². The Balaban J connectivity index is 1.42. The van der Waals surface area contributed by atoms with Gasteiger partial charge in [0, 0.05) is 25.4 Å². The van der Waals surface area contributed by atoms with Crippen molar-refractivity contribution in [3.63, 3.8) is 0 Å². The number of sulfone groups is 1. The van der Waals surface area contributed by atoms with Crippen LogP contribution in [-0.4, -0.2) is 51.9 Å². The monoisotopic (exact) mass is 358 g/mol. The Labute approximate surface area is 147 Å². The molecule has 0 radical (unpaired) electrons. The number of piperazine rings is 1. The molecule has 3 fully saturated rings. The quantitative estimate of drug-likeness (QED) is 0.787. The normalized spacial score (nSPS) is 36.5. The summed E-state index contributed by atoms with van der Waals surface area (Å²) in [6.07, 6.45) is 11.9. The third-order valence-electron chi connectivity index (χ3n) is 6.25. The molecule has 24 heavy (non-hydrogen) atoms. The minimum absolute atomic E-state index is 0.110. The summed E-state index contributed by atoms with van der Waals surface area (Å²) in [6.45, 7) is 2.73. The van der Waals surface area contributed by atoms with Crippen molar-refractivity contribution in [2.75, 3.05) is 26.0 Å². The van der Waals surface area contributed by atoms with E-state index < -0.39 is 9.84 Å². The van der Waals surface area contributed by atoms with Crippen LogP contribution in [0, 0.1) is 11.8 Å². The molecule has 1 aliphatic heterocycles. The standard InChI is InChI=1S/C18H34N2O3S/c1-24(21,22)16-9-7-15(8-10-16)17-11-19-12-18(20-17)23-13-14-5-3-2-4-6-14/h14-20H,2-13H2,1H3. The van der Waals surface area contributed by atoms with Gasteiger partial charge in [-0.1, -0.05) is 19.3 Å². The molecule has 3 aliphatic rings. The highest BCUT2D eigenvalue weighted by Crippen LogP contribution is 2.31. The number of hydrogen-bond donors (Lipinski definition) is 2. The van der Waals surface area contributed by atoms with Crippen molar-refractivity contribution in [2.45, 2.75) is 75.3 Å². The Morgan fingerprint density at radius 2 is 1.67 bits per heavy atom. The highest BCUT2D eigenvalue weighted by molar-refractivity contribution is 7.91. The van der Waals surface area contributed by atoms with Crippen LogP contribution in [0.2, 0.25) is 0 Å². The molecule has 0 aromatic carbocycles. The number of ether oxygens (including phenoxy) is 1. The molecule has 2 saturated carbocycles. The van der Waals surface area contributed by atoms with E-state index >= 15 is 0 Å². The molecular formula is C18H34N2O3S. The zero-order valence-corrected chi connectivity index (χ0v) is 15.8. The van der Waals surface area contributed by atoms with E-state index in [0.717, 1.165) is 51.3 Å². The first-order valence-electron chi connectivity index (χ1n) is 9.79. The zero-order chi connectivity index (χ0) is 17.0. The van der Waals surface area contributed by atoms with Crippen LogP contribution >= 0.6 is 0 Å². The smallest absolute Gasteiger partial charge is 0.150 e. The number of hydrogen-bond acceptors (Lipinski definition) is 5. The summed E-state index contributed by atoms with van der Waals surface area (Å²) in [6, 6.07) is 0.413. The van der Waals surface area contributed by atoms with Crippen molar-refractivity contribution < 1.29 is 13.2 Å². The first-order valence-corrected chi connectivity index (χ1v) is 11.7. The molecule has 1 saturated heterocycles. The average molecular weight is 359 g/mol. The molecule has 5 nitrogen and oxygen atoms in total. The molecule has 0 aromatic heterocycles. The second kappa shape index (κ2) is 8.47. The average Bonchev–Trinajstić information content (AvgIpc) is 2.60. The molecule has 1 heterocycles. The molecule has 0 aromatic rings. The third-order valence-corrected chi connectivity index (χ3v) is 7.93. The van der Waals surface area contributed by atoms with E-state index in [0.29, 0.717) is 12.0 Å². The van der Waals surface area contributed by atoms with Gasteiger partial charge in [0.1, 0.15) is 16.1 Å². The van der Waals surface area contributed by atoms with E-state index in [4.69, 9.17) is 4.74 Å². The van der Waals surface area contributed by atoms with E-state index in [1.54, 1.807) is 0 Å². The van der Waals surface area contributed by atoms with Gasteiger partial charge in [-0.2, -0.15) is 0 Å². The van der Waals surface area contributed by atoms with E-state index in [1.165, 1.54) is 38.4 Å². The van der Waals surface area contributed by atoms with Gasteiger partial charge in [-0.05, 0) is 50.4 Å². The van der Waals surface area contributed by atoms with E-state index in [-0.39, 0.29) is 11.5 Å². The molecule has 0 amide bonds. The van der Waals surface area contributed by atoms with Gasteiger partial charge in [0.05, 0.1) is 11.9 Å². The minimum Gasteiger partial charge on any atom is -0.362 e. The van der Waals surface area contributed by atoms with Crippen molar-refractivity contribution >= 4 is 9.84 Å². The largest absolute Gasteiger partial charge is 0.362 e. The lowest BCUT2D eigenvalue weighted by atomic mass is 9.83. The van der Waals surface area contributed by atoms with Gasteiger partial charge in [-0.15, -0.1) is 0 Å². The van der Waals surface area contributed by atoms with Crippen LogP contribution in [0.25, 0.3) is 0 Å². The van der Waals surface area contributed by atoms with Crippen LogP contribution in [0.15, 0.2) is 0 Å². The number of rotatable bonds is 5.